The molecule has 1 aliphatic rings. The number of rotatable bonds is 5. The monoisotopic (exact) mass is 401 g/mol. The maximum Gasteiger partial charge on any atom is 0.321 e. The van der Waals surface area contributed by atoms with Gasteiger partial charge in [0.25, 0.3) is 0 Å². The Morgan fingerprint density at radius 3 is 2.76 bits per heavy atom. The largest absolute Gasteiger partial charge is 0.497 e. The summed E-state index contributed by atoms with van der Waals surface area (Å²) in [5.74, 6) is 0.0850. The first-order valence-corrected chi connectivity index (χ1v) is 9.65. The number of piperidine rings is 1. The van der Waals surface area contributed by atoms with E-state index in [4.69, 9.17) is 4.74 Å². The Kier molecular flexibility index (Phi) is 6.39. The molecule has 6 nitrogen and oxygen atoms in total. The number of hydrogen-bond acceptors (Lipinski definition) is 4. The number of ether oxygens (including phenoxy) is 1. The van der Waals surface area contributed by atoms with Crippen LogP contribution in [-0.2, 0) is 5.60 Å². The summed E-state index contributed by atoms with van der Waals surface area (Å²) in [5, 5.41) is 14.4. The van der Waals surface area contributed by atoms with Gasteiger partial charge in [-0.1, -0.05) is 18.2 Å². The molecule has 7 heteroatoms. The predicted molar refractivity (Wildman–Crippen MR) is 111 cm³/mol. The van der Waals surface area contributed by atoms with Crippen molar-refractivity contribution in [3.05, 3.63) is 59.9 Å². The lowest BCUT2D eigenvalue weighted by Gasteiger charge is -2.45. The third-order valence-corrected chi connectivity index (χ3v) is 5.40. The molecular formula is C22H28FN3O3. The second-order valence-electron chi connectivity index (χ2n) is 7.75. The maximum atomic E-state index is 13.4. The molecule has 1 saturated heterocycles. The summed E-state index contributed by atoms with van der Waals surface area (Å²) >= 11 is 0. The van der Waals surface area contributed by atoms with Crippen LogP contribution < -0.4 is 10.1 Å². The van der Waals surface area contributed by atoms with E-state index in [1.807, 2.05) is 43.3 Å². The highest BCUT2D eigenvalue weighted by Crippen LogP contribution is 2.39. The Morgan fingerprint density at radius 2 is 2.07 bits per heavy atom. The molecule has 2 atom stereocenters. The molecule has 0 radical (unpaired) electrons. The Morgan fingerprint density at radius 1 is 1.31 bits per heavy atom. The number of hydrogen-bond donors (Lipinski definition) is 2. The van der Waals surface area contributed by atoms with Crippen molar-refractivity contribution in [1.29, 1.82) is 0 Å². The second-order valence-corrected chi connectivity index (χ2v) is 7.75. The Labute approximate surface area is 170 Å². The molecule has 0 saturated carbocycles. The number of halogens is 1. The number of methoxy groups -OCH3 is 1. The summed E-state index contributed by atoms with van der Waals surface area (Å²) in [7, 11) is 5.48. The molecule has 1 fully saturated rings. The van der Waals surface area contributed by atoms with E-state index in [1.165, 1.54) is 12.1 Å². The number of carbonyl (C=O) groups excluding carboxylic acids is 1. The van der Waals surface area contributed by atoms with E-state index in [1.54, 1.807) is 24.1 Å². The molecule has 2 unspecified atom stereocenters. The summed E-state index contributed by atoms with van der Waals surface area (Å²) in [6.45, 7) is 1.38. The average Bonchev–Trinajstić information content (AvgIpc) is 2.69. The second kappa shape index (κ2) is 8.80. The normalized spacial score (nSPS) is 21.9. The molecule has 1 aliphatic heterocycles. The average molecular weight is 401 g/mol. The van der Waals surface area contributed by atoms with Crippen LogP contribution in [-0.4, -0.2) is 61.8 Å². The van der Waals surface area contributed by atoms with Gasteiger partial charge in [0.2, 0.25) is 0 Å². The lowest BCUT2D eigenvalue weighted by molar-refractivity contribution is -0.0750. The van der Waals surface area contributed by atoms with Crippen LogP contribution in [0, 0.1) is 11.7 Å². The predicted octanol–water partition coefficient (Wildman–Crippen LogP) is 3.14. The number of nitrogens with zero attached hydrogens (tertiary/aromatic N) is 2. The Hall–Kier alpha value is -2.64. The molecule has 0 aromatic heterocycles. The number of nitrogens with one attached hydrogen (secondary N) is 1. The molecule has 2 aromatic rings. The van der Waals surface area contributed by atoms with Crippen molar-refractivity contribution in [2.24, 2.45) is 5.92 Å². The first-order chi connectivity index (χ1) is 13.8. The van der Waals surface area contributed by atoms with E-state index in [-0.39, 0.29) is 11.9 Å². The topological polar surface area (TPSA) is 65.0 Å². The van der Waals surface area contributed by atoms with E-state index in [0.717, 1.165) is 5.56 Å². The summed E-state index contributed by atoms with van der Waals surface area (Å²) < 4.78 is 18.7. The summed E-state index contributed by atoms with van der Waals surface area (Å²) in [4.78, 5) is 16.4. The zero-order valence-corrected chi connectivity index (χ0v) is 17.1. The highest BCUT2D eigenvalue weighted by molar-refractivity contribution is 5.89. The quantitative estimate of drug-likeness (QED) is 0.808. The van der Waals surface area contributed by atoms with Gasteiger partial charge in [0, 0.05) is 31.2 Å². The minimum atomic E-state index is -1.07. The van der Waals surface area contributed by atoms with Crippen molar-refractivity contribution in [2.75, 3.05) is 46.2 Å². The maximum absolute atomic E-state index is 13.4. The first kappa shape index (κ1) is 21.1. The molecule has 29 heavy (non-hydrogen) atoms. The summed E-state index contributed by atoms with van der Waals surface area (Å²) in [6.07, 6.45) is 0.398. The number of urea groups is 1. The number of benzene rings is 2. The molecule has 2 amide bonds. The zero-order valence-electron chi connectivity index (χ0n) is 17.1. The number of amides is 2. The molecule has 2 aromatic carbocycles. The van der Waals surface area contributed by atoms with Gasteiger partial charge >= 0.3 is 6.03 Å². The van der Waals surface area contributed by atoms with Gasteiger partial charge < -0.3 is 25.0 Å². The van der Waals surface area contributed by atoms with Gasteiger partial charge in [-0.15, -0.1) is 0 Å². The highest BCUT2D eigenvalue weighted by atomic mass is 19.1. The van der Waals surface area contributed by atoms with Crippen LogP contribution in [0.3, 0.4) is 0 Å². The molecule has 1 heterocycles. The van der Waals surface area contributed by atoms with Crippen LogP contribution >= 0.6 is 0 Å². The standard InChI is InChI=1S/C22H28FN3O3/c1-25(2)14-17-15-26(21(27)24-19-8-5-7-18(23)13-19)11-10-22(17,28)16-6-4-9-20(12-16)29-3/h4-9,12-13,17,28H,10-11,14-15H2,1-3H3,(H,24,27). The molecule has 3 rings (SSSR count). The zero-order chi connectivity index (χ0) is 21.0. The van der Waals surface area contributed by atoms with Gasteiger partial charge in [0.15, 0.2) is 0 Å². The minimum absolute atomic E-state index is 0.198. The molecule has 0 spiro atoms. The van der Waals surface area contributed by atoms with E-state index >= 15 is 0 Å². The van der Waals surface area contributed by atoms with Gasteiger partial charge in [0.1, 0.15) is 11.6 Å². The SMILES string of the molecule is COc1cccc(C2(O)CCN(C(=O)Nc3cccc(F)c3)CC2CN(C)C)c1. The Bertz CT molecular complexity index is 861. The van der Waals surface area contributed by atoms with Crippen LogP contribution in [0.15, 0.2) is 48.5 Å². The van der Waals surface area contributed by atoms with Gasteiger partial charge in [-0.2, -0.15) is 0 Å². The van der Waals surface area contributed by atoms with Crippen molar-refractivity contribution in [1.82, 2.24) is 9.80 Å². The first-order valence-electron chi connectivity index (χ1n) is 9.65. The number of likely N-dealkylation sites (tertiary alicyclic amines) is 1. The molecule has 2 N–H and O–H groups in total. The van der Waals surface area contributed by atoms with Gasteiger partial charge in [-0.05, 0) is 56.4 Å². The van der Waals surface area contributed by atoms with Crippen LogP contribution in [0.2, 0.25) is 0 Å². The Balaban J connectivity index is 1.80. The lowest BCUT2D eigenvalue weighted by Crippen LogP contribution is -2.55. The number of carbonyl (C=O) groups is 1. The molecule has 0 bridgehead atoms. The summed E-state index contributed by atoms with van der Waals surface area (Å²) in [6, 6.07) is 13.0. The third-order valence-electron chi connectivity index (χ3n) is 5.40. The fraction of sp³-hybridized carbons (Fsp3) is 0.409. The van der Waals surface area contributed by atoms with Gasteiger partial charge in [0.05, 0.1) is 12.7 Å². The van der Waals surface area contributed by atoms with E-state index < -0.39 is 11.4 Å². The van der Waals surface area contributed by atoms with Crippen LogP contribution in [0.5, 0.6) is 5.75 Å². The van der Waals surface area contributed by atoms with Gasteiger partial charge in [-0.3, -0.25) is 0 Å². The molecule has 0 aliphatic carbocycles. The van der Waals surface area contributed by atoms with E-state index in [0.29, 0.717) is 37.5 Å². The number of anilines is 1. The fourth-order valence-corrected chi connectivity index (χ4v) is 3.89. The van der Waals surface area contributed by atoms with Crippen molar-refractivity contribution in [2.45, 2.75) is 12.0 Å². The molecular weight excluding hydrogens is 373 g/mol. The highest BCUT2D eigenvalue weighted by Gasteiger charge is 2.44. The fourth-order valence-electron chi connectivity index (χ4n) is 3.89. The minimum Gasteiger partial charge on any atom is -0.497 e. The lowest BCUT2D eigenvalue weighted by atomic mass is 9.75. The third kappa shape index (κ3) is 4.86. The van der Waals surface area contributed by atoms with Crippen LogP contribution in [0.1, 0.15) is 12.0 Å². The smallest absolute Gasteiger partial charge is 0.321 e. The van der Waals surface area contributed by atoms with E-state index in [2.05, 4.69) is 5.32 Å². The van der Waals surface area contributed by atoms with Crippen molar-refractivity contribution in [3.8, 4) is 5.75 Å². The summed E-state index contributed by atoms with van der Waals surface area (Å²) in [5.41, 5.74) is 0.121. The van der Waals surface area contributed by atoms with Gasteiger partial charge in [-0.25, -0.2) is 9.18 Å². The van der Waals surface area contributed by atoms with Crippen molar-refractivity contribution < 1.29 is 19.0 Å². The number of aliphatic hydroxyl groups is 1. The van der Waals surface area contributed by atoms with Crippen LogP contribution in [0.25, 0.3) is 0 Å². The molecule has 156 valence electrons. The van der Waals surface area contributed by atoms with Crippen molar-refractivity contribution >= 4 is 11.7 Å². The van der Waals surface area contributed by atoms with Crippen molar-refractivity contribution in [3.63, 3.8) is 0 Å². The van der Waals surface area contributed by atoms with Crippen LogP contribution in [0.4, 0.5) is 14.9 Å². The van der Waals surface area contributed by atoms with E-state index in [9.17, 15) is 14.3 Å².